The molecule has 1 aromatic carbocycles. The van der Waals surface area contributed by atoms with Gasteiger partial charge in [0.1, 0.15) is 12.2 Å². The summed E-state index contributed by atoms with van der Waals surface area (Å²) in [6, 6.07) is 5.08. The Bertz CT molecular complexity index is 717. The van der Waals surface area contributed by atoms with Gasteiger partial charge in [0.05, 0.1) is 5.56 Å². The normalized spacial score (nSPS) is 17.2. The first-order valence-corrected chi connectivity index (χ1v) is 9.11. The highest BCUT2D eigenvalue weighted by Gasteiger charge is 2.41. The van der Waals surface area contributed by atoms with Gasteiger partial charge in [-0.1, -0.05) is 18.2 Å². The Labute approximate surface area is 162 Å². The van der Waals surface area contributed by atoms with E-state index in [0.717, 1.165) is 12.1 Å². The molecule has 1 amide bonds. The highest BCUT2D eigenvalue weighted by molar-refractivity contribution is 5.68. The second kappa shape index (κ2) is 8.01. The molecule has 0 aromatic heterocycles. The fourth-order valence-corrected chi connectivity index (χ4v) is 3.23. The van der Waals surface area contributed by atoms with Gasteiger partial charge in [-0.3, -0.25) is 4.79 Å². The second-order valence-electron chi connectivity index (χ2n) is 8.11. The third-order valence-electron chi connectivity index (χ3n) is 4.73. The molecule has 0 radical (unpaired) electrons. The molecule has 1 heterocycles. The van der Waals surface area contributed by atoms with Gasteiger partial charge in [-0.05, 0) is 45.2 Å². The molecule has 0 unspecified atom stereocenters. The minimum Gasteiger partial charge on any atom is -0.465 e. The molecule has 1 aromatic rings. The monoisotopic (exact) mass is 401 g/mol. The molecule has 0 atom stereocenters. The van der Waals surface area contributed by atoms with Gasteiger partial charge in [0.25, 0.3) is 0 Å². The van der Waals surface area contributed by atoms with E-state index in [0.29, 0.717) is 31.5 Å². The quantitative estimate of drug-likeness (QED) is 0.698. The molecular weight excluding hydrogens is 375 g/mol. The van der Waals surface area contributed by atoms with Crippen LogP contribution < -0.4 is 0 Å². The molecule has 0 bridgehead atoms. The van der Waals surface area contributed by atoms with Crippen LogP contribution in [0, 0.1) is 0 Å². The number of likely N-dealkylation sites (tertiary alicyclic amines) is 1. The number of halogens is 3. The number of hydrogen-bond donors (Lipinski definition) is 0. The first kappa shape index (κ1) is 22.0. The molecule has 8 heteroatoms. The Morgan fingerprint density at radius 3 is 2.25 bits per heavy atom. The molecule has 28 heavy (non-hydrogen) atoms. The highest BCUT2D eigenvalue weighted by atomic mass is 19.4. The lowest BCUT2D eigenvalue weighted by Crippen LogP contribution is -2.48. The zero-order chi connectivity index (χ0) is 21.2. The summed E-state index contributed by atoms with van der Waals surface area (Å²) in [7, 11) is 0. The smallest absolute Gasteiger partial charge is 0.416 e. The molecule has 1 fully saturated rings. The zero-order valence-electron chi connectivity index (χ0n) is 16.6. The minimum atomic E-state index is -4.46. The summed E-state index contributed by atoms with van der Waals surface area (Å²) in [6.45, 7) is 7.12. The molecule has 0 N–H and O–H groups in total. The highest BCUT2D eigenvalue weighted by Crippen LogP contribution is 2.39. The van der Waals surface area contributed by atoms with Crippen molar-refractivity contribution in [3.05, 3.63) is 35.4 Å². The van der Waals surface area contributed by atoms with Crippen LogP contribution in [0.15, 0.2) is 24.3 Å². The minimum absolute atomic E-state index is 0.0359. The fourth-order valence-electron chi connectivity index (χ4n) is 3.23. The third kappa shape index (κ3) is 5.62. The van der Waals surface area contributed by atoms with E-state index in [1.165, 1.54) is 17.9 Å². The molecule has 0 saturated carbocycles. The number of nitrogens with zero attached hydrogens (tertiary/aromatic N) is 1. The Balaban J connectivity index is 2.25. The van der Waals surface area contributed by atoms with Crippen molar-refractivity contribution in [2.75, 3.05) is 19.7 Å². The summed E-state index contributed by atoms with van der Waals surface area (Å²) in [5, 5.41) is 0. The number of alkyl halides is 3. The number of ether oxygens (including phenoxy) is 2. The fraction of sp³-hybridized carbons (Fsp3) is 0.600. The van der Waals surface area contributed by atoms with Crippen LogP contribution in [0.3, 0.4) is 0 Å². The predicted molar refractivity (Wildman–Crippen MR) is 96.8 cm³/mol. The van der Waals surface area contributed by atoms with Crippen LogP contribution in [0.4, 0.5) is 18.0 Å². The maximum atomic E-state index is 13.1. The lowest BCUT2D eigenvalue weighted by atomic mass is 9.73. The van der Waals surface area contributed by atoms with Crippen molar-refractivity contribution in [1.82, 2.24) is 4.90 Å². The van der Waals surface area contributed by atoms with E-state index in [1.54, 1.807) is 26.8 Å². The van der Waals surface area contributed by atoms with E-state index in [-0.39, 0.29) is 6.61 Å². The number of esters is 1. The van der Waals surface area contributed by atoms with E-state index >= 15 is 0 Å². The van der Waals surface area contributed by atoms with Gasteiger partial charge in [-0.25, -0.2) is 4.79 Å². The van der Waals surface area contributed by atoms with E-state index < -0.39 is 34.8 Å². The van der Waals surface area contributed by atoms with Crippen LogP contribution in [-0.4, -0.2) is 42.3 Å². The van der Waals surface area contributed by atoms with Crippen LogP contribution in [0.1, 0.15) is 51.7 Å². The summed E-state index contributed by atoms with van der Waals surface area (Å²) >= 11 is 0. The molecule has 1 saturated heterocycles. The van der Waals surface area contributed by atoms with Crippen LogP contribution in [0.25, 0.3) is 0 Å². The lowest BCUT2D eigenvalue weighted by Gasteiger charge is -2.42. The Morgan fingerprint density at radius 1 is 1.14 bits per heavy atom. The number of hydrogen-bond acceptors (Lipinski definition) is 4. The van der Waals surface area contributed by atoms with Gasteiger partial charge >= 0.3 is 18.2 Å². The van der Waals surface area contributed by atoms with Crippen molar-refractivity contribution >= 4 is 12.1 Å². The standard InChI is InChI=1S/C20H26F3NO4/c1-14(25)27-13-19(15-6-5-7-16(12-15)20(21,22)23)8-10-24(11-9-19)17(26)28-18(2,3)4/h5-7,12H,8-11,13H2,1-4H3. The molecule has 0 spiro atoms. The van der Waals surface area contributed by atoms with Gasteiger partial charge in [0.2, 0.25) is 0 Å². The third-order valence-corrected chi connectivity index (χ3v) is 4.73. The second-order valence-corrected chi connectivity index (χ2v) is 8.11. The van der Waals surface area contributed by atoms with E-state index in [4.69, 9.17) is 9.47 Å². The van der Waals surface area contributed by atoms with Crippen molar-refractivity contribution in [2.45, 2.75) is 57.7 Å². The van der Waals surface area contributed by atoms with Gasteiger partial charge in [0, 0.05) is 25.4 Å². The van der Waals surface area contributed by atoms with E-state index in [2.05, 4.69) is 0 Å². The maximum Gasteiger partial charge on any atom is 0.416 e. The van der Waals surface area contributed by atoms with Crippen molar-refractivity contribution in [1.29, 1.82) is 0 Å². The van der Waals surface area contributed by atoms with Crippen molar-refractivity contribution in [3.63, 3.8) is 0 Å². The van der Waals surface area contributed by atoms with E-state index in [1.807, 2.05) is 0 Å². The summed E-state index contributed by atoms with van der Waals surface area (Å²) < 4.78 is 50.0. The van der Waals surface area contributed by atoms with Gasteiger partial charge in [-0.15, -0.1) is 0 Å². The van der Waals surface area contributed by atoms with E-state index in [9.17, 15) is 22.8 Å². The SMILES string of the molecule is CC(=O)OCC1(c2cccc(C(F)(F)F)c2)CCN(C(=O)OC(C)(C)C)CC1. The van der Waals surface area contributed by atoms with Gasteiger partial charge in [-0.2, -0.15) is 13.2 Å². The molecule has 1 aliphatic rings. The zero-order valence-corrected chi connectivity index (χ0v) is 16.6. The average Bonchev–Trinajstić information content (AvgIpc) is 2.58. The van der Waals surface area contributed by atoms with Gasteiger partial charge < -0.3 is 14.4 Å². The summed E-state index contributed by atoms with van der Waals surface area (Å²) in [6.07, 6.45) is -4.20. The summed E-state index contributed by atoms with van der Waals surface area (Å²) in [5.74, 6) is -0.499. The molecule has 5 nitrogen and oxygen atoms in total. The van der Waals surface area contributed by atoms with Crippen molar-refractivity contribution < 1.29 is 32.2 Å². The number of piperidine rings is 1. The topological polar surface area (TPSA) is 55.8 Å². The van der Waals surface area contributed by atoms with Crippen LogP contribution in [0.5, 0.6) is 0 Å². The van der Waals surface area contributed by atoms with Crippen LogP contribution in [0.2, 0.25) is 0 Å². The Hall–Kier alpha value is -2.25. The van der Waals surface area contributed by atoms with Gasteiger partial charge in [0.15, 0.2) is 0 Å². The number of rotatable bonds is 3. The number of carbonyl (C=O) groups excluding carboxylic acids is 2. The molecular formula is C20H26F3NO4. The lowest BCUT2D eigenvalue weighted by molar-refractivity contribution is -0.144. The maximum absolute atomic E-state index is 13.1. The molecule has 1 aliphatic heterocycles. The summed E-state index contributed by atoms with van der Waals surface area (Å²) in [4.78, 5) is 25.1. The first-order valence-electron chi connectivity index (χ1n) is 9.11. The average molecular weight is 401 g/mol. The molecule has 0 aliphatic carbocycles. The number of benzene rings is 1. The van der Waals surface area contributed by atoms with Crippen LogP contribution >= 0.6 is 0 Å². The molecule has 2 rings (SSSR count). The van der Waals surface area contributed by atoms with Crippen molar-refractivity contribution in [3.8, 4) is 0 Å². The van der Waals surface area contributed by atoms with Crippen molar-refractivity contribution in [2.24, 2.45) is 0 Å². The Kier molecular flexibility index (Phi) is 6.31. The number of carbonyl (C=O) groups is 2. The molecule has 156 valence electrons. The predicted octanol–water partition coefficient (Wildman–Crippen LogP) is 4.54. The Morgan fingerprint density at radius 2 is 1.75 bits per heavy atom. The van der Waals surface area contributed by atoms with Crippen LogP contribution in [-0.2, 0) is 25.9 Å². The number of amides is 1. The summed E-state index contributed by atoms with van der Waals surface area (Å²) in [5.41, 5.74) is -1.72. The first-order chi connectivity index (χ1) is 12.8. The largest absolute Gasteiger partial charge is 0.465 e.